The number of allylic oxidation sites excluding steroid dienone is 1. The fraction of sp³-hybridized carbons (Fsp3) is 0.526. The Bertz CT molecular complexity index is 401. The lowest BCUT2D eigenvalue weighted by atomic mass is 10.1. The third kappa shape index (κ3) is 7.69. The molecule has 2 heteroatoms. The summed E-state index contributed by atoms with van der Waals surface area (Å²) in [7, 11) is 0. The van der Waals surface area contributed by atoms with Crippen molar-refractivity contribution in [2.75, 3.05) is 13.1 Å². The molecule has 0 aromatic heterocycles. The summed E-state index contributed by atoms with van der Waals surface area (Å²) in [4.78, 5) is 14.4. The first kappa shape index (κ1) is 17.5. The molecule has 0 saturated carbocycles. The van der Waals surface area contributed by atoms with Crippen molar-refractivity contribution in [2.24, 2.45) is 0 Å². The van der Waals surface area contributed by atoms with Gasteiger partial charge in [0, 0.05) is 30.9 Å². The Labute approximate surface area is 129 Å². The van der Waals surface area contributed by atoms with Crippen LogP contribution in [0.15, 0.2) is 42.6 Å². The molecule has 0 N–H and O–H groups in total. The van der Waals surface area contributed by atoms with Crippen LogP contribution in [0.2, 0.25) is 0 Å². The maximum absolute atomic E-state index is 12.1. The molecule has 0 spiro atoms. The van der Waals surface area contributed by atoms with Crippen LogP contribution in [-0.4, -0.2) is 23.8 Å². The number of unbranched alkanes of at least 4 members (excludes halogenated alkanes) is 4. The van der Waals surface area contributed by atoms with Gasteiger partial charge >= 0.3 is 0 Å². The largest absolute Gasteiger partial charge is 0.377 e. The molecule has 0 saturated heterocycles. The van der Waals surface area contributed by atoms with Gasteiger partial charge in [-0.25, -0.2) is 0 Å². The summed E-state index contributed by atoms with van der Waals surface area (Å²) in [5.74, 6) is 0.0894. The first-order valence-electron chi connectivity index (χ1n) is 8.29. The van der Waals surface area contributed by atoms with Crippen molar-refractivity contribution in [1.82, 2.24) is 4.90 Å². The van der Waals surface area contributed by atoms with E-state index in [4.69, 9.17) is 0 Å². The maximum Gasteiger partial charge on any atom is 0.187 e. The summed E-state index contributed by atoms with van der Waals surface area (Å²) in [5.41, 5.74) is 0.760. The minimum absolute atomic E-state index is 0.0894. The Morgan fingerprint density at radius 2 is 1.52 bits per heavy atom. The van der Waals surface area contributed by atoms with E-state index in [0.29, 0.717) is 0 Å². The molecule has 0 aliphatic carbocycles. The molecule has 0 atom stereocenters. The fourth-order valence-electron chi connectivity index (χ4n) is 2.26. The summed E-state index contributed by atoms with van der Waals surface area (Å²) in [5, 5.41) is 0. The number of nitrogens with zero attached hydrogens (tertiary/aromatic N) is 1. The fourth-order valence-corrected chi connectivity index (χ4v) is 2.26. The summed E-state index contributed by atoms with van der Waals surface area (Å²) < 4.78 is 0. The van der Waals surface area contributed by atoms with E-state index >= 15 is 0 Å². The molecule has 21 heavy (non-hydrogen) atoms. The first-order valence-corrected chi connectivity index (χ1v) is 8.29. The monoisotopic (exact) mass is 287 g/mol. The van der Waals surface area contributed by atoms with E-state index in [1.807, 2.05) is 36.5 Å². The molecule has 116 valence electrons. The predicted octanol–water partition coefficient (Wildman–Crippen LogP) is 5.07. The van der Waals surface area contributed by atoms with Crippen LogP contribution in [0, 0.1) is 0 Å². The number of hydrogen-bond acceptors (Lipinski definition) is 2. The van der Waals surface area contributed by atoms with Gasteiger partial charge < -0.3 is 4.90 Å². The lowest BCUT2D eigenvalue weighted by Gasteiger charge is -2.20. The van der Waals surface area contributed by atoms with E-state index in [-0.39, 0.29) is 5.78 Å². The van der Waals surface area contributed by atoms with Crippen LogP contribution in [-0.2, 0) is 0 Å². The molecule has 0 fully saturated rings. The first-order chi connectivity index (χ1) is 10.3. The van der Waals surface area contributed by atoms with Crippen LogP contribution in [0.5, 0.6) is 0 Å². The van der Waals surface area contributed by atoms with Crippen LogP contribution in [0.4, 0.5) is 0 Å². The Kier molecular flexibility index (Phi) is 9.26. The minimum atomic E-state index is 0.0894. The Morgan fingerprint density at radius 3 is 2.05 bits per heavy atom. The van der Waals surface area contributed by atoms with Crippen LogP contribution >= 0.6 is 0 Å². The number of ketones is 1. The zero-order valence-electron chi connectivity index (χ0n) is 13.6. The van der Waals surface area contributed by atoms with Gasteiger partial charge in [-0.15, -0.1) is 0 Å². The zero-order chi connectivity index (χ0) is 15.3. The predicted molar refractivity (Wildman–Crippen MR) is 90.5 cm³/mol. The highest BCUT2D eigenvalue weighted by Crippen LogP contribution is 2.05. The van der Waals surface area contributed by atoms with Crippen molar-refractivity contribution >= 4 is 5.78 Å². The van der Waals surface area contributed by atoms with Crippen molar-refractivity contribution in [1.29, 1.82) is 0 Å². The Morgan fingerprint density at radius 1 is 0.952 bits per heavy atom. The van der Waals surface area contributed by atoms with Gasteiger partial charge in [-0.05, 0) is 12.8 Å². The van der Waals surface area contributed by atoms with Crippen LogP contribution in [0.3, 0.4) is 0 Å². The smallest absolute Gasteiger partial charge is 0.187 e. The normalized spacial score (nSPS) is 11.0. The lowest BCUT2D eigenvalue weighted by Crippen LogP contribution is -2.20. The second-order valence-electron chi connectivity index (χ2n) is 5.50. The summed E-state index contributed by atoms with van der Waals surface area (Å²) in [6.45, 7) is 6.54. The maximum atomic E-state index is 12.1. The molecular weight excluding hydrogens is 258 g/mol. The van der Waals surface area contributed by atoms with E-state index in [9.17, 15) is 4.79 Å². The van der Waals surface area contributed by atoms with Gasteiger partial charge in [-0.1, -0.05) is 69.9 Å². The summed E-state index contributed by atoms with van der Waals surface area (Å²) in [6.07, 6.45) is 11.1. The third-order valence-corrected chi connectivity index (χ3v) is 3.59. The Balaban J connectivity index is 2.52. The van der Waals surface area contributed by atoms with E-state index < -0.39 is 0 Å². The molecule has 1 aromatic rings. The molecule has 1 aromatic carbocycles. The van der Waals surface area contributed by atoms with Crippen molar-refractivity contribution in [3.63, 3.8) is 0 Å². The van der Waals surface area contributed by atoms with Crippen LogP contribution < -0.4 is 0 Å². The molecule has 0 heterocycles. The highest BCUT2D eigenvalue weighted by molar-refractivity contribution is 6.04. The van der Waals surface area contributed by atoms with E-state index in [0.717, 1.165) is 18.7 Å². The molecule has 0 aliphatic rings. The van der Waals surface area contributed by atoms with Gasteiger partial charge in [0.05, 0.1) is 0 Å². The molecule has 0 bridgehead atoms. The average Bonchev–Trinajstić information content (AvgIpc) is 2.53. The SMILES string of the molecule is CCCCCN(/C=C\C(=O)c1ccccc1)CCCCC. The van der Waals surface area contributed by atoms with Crippen molar-refractivity contribution < 1.29 is 4.79 Å². The van der Waals surface area contributed by atoms with Gasteiger partial charge in [-0.3, -0.25) is 4.79 Å². The number of hydrogen-bond donors (Lipinski definition) is 0. The highest BCUT2D eigenvalue weighted by atomic mass is 16.1. The number of benzene rings is 1. The van der Waals surface area contributed by atoms with Gasteiger partial charge in [0.2, 0.25) is 0 Å². The molecule has 2 nitrogen and oxygen atoms in total. The van der Waals surface area contributed by atoms with Crippen LogP contribution in [0.1, 0.15) is 62.7 Å². The van der Waals surface area contributed by atoms with Crippen molar-refractivity contribution in [3.8, 4) is 0 Å². The second kappa shape index (κ2) is 11.1. The second-order valence-corrected chi connectivity index (χ2v) is 5.50. The molecule has 1 rings (SSSR count). The molecule has 0 radical (unpaired) electrons. The number of rotatable bonds is 11. The summed E-state index contributed by atoms with van der Waals surface area (Å²) in [6, 6.07) is 9.47. The van der Waals surface area contributed by atoms with Gasteiger partial charge in [0.15, 0.2) is 5.78 Å². The van der Waals surface area contributed by atoms with Gasteiger partial charge in [-0.2, -0.15) is 0 Å². The van der Waals surface area contributed by atoms with E-state index in [2.05, 4.69) is 18.7 Å². The molecule has 0 unspecified atom stereocenters. The lowest BCUT2D eigenvalue weighted by molar-refractivity contribution is 0.104. The van der Waals surface area contributed by atoms with E-state index in [1.165, 1.54) is 38.5 Å². The quantitative estimate of drug-likeness (QED) is 0.322. The zero-order valence-corrected chi connectivity index (χ0v) is 13.6. The summed E-state index contributed by atoms with van der Waals surface area (Å²) >= 11 is 0. The minimum Gasteiger partial charge on any atom is -0.377 e. The Hall–Kier alpha value is -1.57. The molecule has 0 amide bonds. The number of carbonyl (C=O) groups is 1. The molecule has 0 aliphatic heterocycles. The van der Waals surface area contributed by atoms with Gasteiger partial charge in [0.1, 0.15) is 0 Å². The standard InChI is InChI=1S/C19H29NO/c1-3-5-10-15-20(16-11-6-4-2)17-14-19(21)18-12-8-7-9-13-18/h7-9,12-14,17H,3-6,10-11,15-16H2,1-2H3/b17-14-. The van der Waals surface area contributed by atoms with E-state index in [1.54, 1.807) is 6.08 Å². The topological polar surface area (TPSA) is 20.3 Å². The van der Waals surface area contributed by atoms with Crippen LogP contribution in [0.25, 0.3) is 0 Å². The molecular formula is C19H29NO. The van der Waals surface area contributed by atoms with Crippen molar-refractivity contribution in [3.05, 3.63) is 48.2 Å². The average molecular weight is 287 g/mol. The van der Waals surface area contributed by atoms with Crippen molar-refractivity contribution in [2.45, 2.75) is 52.4 Å². The number of carbonyl (C=O) groups excluding carboxylic acids is 1. The third-order valence-electron chi connectivity index (χ3n) is 3.59. The van der Waals surface area contributed by atoms with Gasteiger partial charge in [0.25, 0.3) is 0 Å². The highest BCUT2D eigenvalue weighted by Gasteiger charge is 2.03.